The number of nitrogens with zero attached hydrogens (tertiary/aromatic N) is 2. The summed E-state index contributed by atoms with van der Waals surface area (Å²) in [5, 5.41) is 26.1. The van der Waals surface area contributed by atoms with Gasteiger partial charge >= 0.3 is 0 Å². The van der Waals surface area contributed by atoms with Gasteiger partial charge < -0.3 is 20.0 Å². The quantitative estimate of drug-likeness (QED) is 0.179. The molecule has 0 aliphatic heterocycles. The van der Waals surface area contributed by atoms with Gasteiger partial charge in [0.2, 0.25) is 0 Å². The Bertz CT molecular complexity index is 2540. The number of benzene rings is 8. The van der Waals surface area contributed by atoms with Crippen molar-refractivity contribution >= 4 is 44.9 Å². The molecule has 0 atom stereocenters. The van der Waals surface area contributed by atoms with Crippen molar-refractivity contribution < 1.29 is 10.2 Å². The Kier molecular flexibility index (Phi) is 7.46. The average molecular weight is 727 g/mol. The fourth-order valence-electron chi connectivity index (χ4n) is 9.34. The van der Waals surface area contributed by atoms with Crippen molar-refractivity contribution in [2.24, 2.45) is 0 Å². The summed E-state index contributed by atoms with van der Waals surface area (Å²) >= 11 is 0. The highest BCUT2D eigenvalue weighted by Crippen LogP contribution is 2.60. The lowest BCUT2D eigenvalue weighted by Crippen LogP contribution is -2.17. The van der Waals surface area contributed by atoms with Crippen molar-refractivity contribution in [2.75, 3.05) is 9.80 Å². The zero-order valence-electron chi connectivity index (χ0n) is 32.0. The minimum absolute atomic E-state index is 0.213. The first kappa shape index (κ1) is 33.8. The van der Waals surface area contributed by atoms with Crippen LogP contribution >= 0.6 is 0 Å². The molecule has 56 heavy (non-hydrogen) atoms. The zero-order chi connectivity index (χ0) is 38.3. The fraction of sp³-hybridized carbons (Fsp3) is 0.115. The van der Waals surface area contributed by atoms with Crippen LogP contribution in [0.15, 0.2) is 170 Å². The maximum atomic E-state index is 12.4. The van der Waals surface area contributed by atoms with E-state index in [1.165, 1.54) is 0 Å². The molecule has 8 aromatic carbocycles. The largest absolute Gasteiger partial charge is 0.507 e. The van der Waals surface area contributed by atoms with Gasteiger partial charge in [0.1, 0.15) is 11.5 Å². The lowest BCUT2D eigenvalue weighted by atomic mass is 9.79. The molecule has 0 radical (unpaired) electrons. The summed E-state index contributed by atoms with van der Waals surface area (Å²) in [5.74, 6) is 0.426. The Labute approximate surface area is 328 Å². The van der Waals surface area contributed by atoms with Gasteiger partial charge in [-0.05, 0) is 118 Å². The highest BCUT2D eigenvalue weighted by molar-refractivity contribution is 6.08. The average Bonchev–Trinajstić information content (AvgIpc) is 3.59. The first-order chi connectivity index (χ1) is 27.1. The van der Waals surface area contributed by atoms with Crippen molar-refractivity contribution in [3.8, 4) is 33.8 Å². The van der Waals surface area contributed by atoms with Gasteiger partial charge in [-0.3, -0.25) is 0 Å². The third kappa shape index (κ3) is 4.92. The lowest BCUT2D eigenvalue weighted by molar-refractivity contribution is 0.476. The molecule has 0 fully saturated rings. The van der Waals surface area contributed by atoms with E-state index in [0.717, 1.165) is 78.6 Å². The van der Waals surface area contributed by atoms with Gasteiger partial charge in [-0.15, -0.1) is 0 Å². The van der Waals surface area contributed by atoms with Crippen LogP contribution in [0.2, 0.25) is 0 Å². The molecule has 4 nitrogen and oxygen atoms in total. The van der Waals surface area contributed by atoms with E-state index in [9.17, 15) is 10.2 Å². The Balaban J connectivity index is 1.11. The molecular weight excluding hydrogens is 685 g/mol. The molecule has 0 amide bonds. The van der Waals surface area contributed by atoms with Gasteiger partial charge in [0, 0.05) is 66.9 Å². The van der Waals surface area contributed by atoms with Crippen molar-refractivity contribution in [2.45, 2.75) is 38.5 Å². The van der Waals surface area contributed by atoms with E-state index in [-0.39, 0.29) is 11.5 Å². The molecule has 2 aliphatic rings. The number of anilines is 6. The third-order valence-electron chi connectivity index (χ3n) is 12.2. The Hall–Kier alpha value is -6.78. The smallest absolute Gasteiger partial charge is 0.131 e. The van der Waals surface area contributed by atoms with Gasteiger partial charge in [-0.1, -0.05) is 113 Å². The SMILES string of the molecule is CC1(C)c2cc(N(c3ccccc3)c3ccccc3)ccc2-c2c1cc1c(O)c3c(cc1c2O)C(C)(C)c1cc(N(c2ccccc2)c2ccccc2)ccc1-3. The Morgan fingerprint density at radius 3 is 0.946 bits per heavy atom. The van der Waals surface area contributed by atoms with E-state index in [2.05, 4.69) is 183 Å². The minimum atomic E-state index is -0.443. The number of phenols is 2. The van der Waals surface area contributed by atoms with E-state index >= 15 is 0 Å². The topological polar surface area (TPSA) is 46.9 Å². The van der Waals surface area contributed by atoms with Crippen molar-refractivity contribution in [1.29, 1.82) is 0 Å². The lowest BCUT2D eigenvalue weighted by Gasteiger charge is -2.28. The second-order valence-corrected chi connectivity index (χ2v) is 16.1. The highest BCUT2D eigenvalue weighted by Gasteiger charge is 2.42. The van der Waals surface area contributed by atoms with Gasteiger partial charge in [0.25, 0.3) is 0 Å². The maximum absolute atomic E-state index is 12.4. The molecule has 4 heteroatoms. The molecule has 0 unspecified atom stereocenters. The predicted molar refractivity (Wildman–Crippen MR) is 232 cm³/mol. The number of aromatic hydroxyl groups is 2. The summed E-state index contributed by atoms with van der Waals surface area (Å²) in [6.45, 7) is 8.88. The van der Waals surface area contributed by atoms with Gasteiger partial charge in [0.05, 0.1) is 0 Å². The number of rotatable bonds is 6. The minimum Gasteiger partial charge on any atom is -0.507 e. The van der Waals surface area contributed by atoms with Crippen LogP contribution in [0.3, 0.4) is 0 Å². The van der Waals surface area contributed by atoms with Crippen LogP contribution in [0.5, 0.6) is 11.5 Å². The van der Waals surface area contributed by atoms with E-state index in [0.29, 0.717) is 10.8 Å². The van der Waals surface area contributed by atoms with Gasteiger partial charge in [-0.25, -0.2) is 0 Å². The monoisotopic (exact) mass is 726 g/mol. The normalized spacial score (nSPS) is 14.1. The molecule has 0 saturated heterocycles. The van der Waals surface area contributed by atoms with Gasteiger partial charge in [0.15, 0.2) is 0 Å². The van der Waals surface area contributed by atoms with Crippen LogP contribution in [0.25, 0.3) is 33.0 Å². The second-order valence-electron chi connectivity index (χ2n) is 16.1. The van der Waals surface area contributed by atoms with E-state index in [1.807, 2.05) is 24.3 Å². The number of hydrogen-bond donors (Lipinski definition) is 2. The predicted octanol–water partition coefficient (Wildman–Crippen LogP) is 13.8. The zero-order valence-corrected chi connectivity index (χ0v) is 32.0. The summed E-state index contributed by atoms with van der Waals surface area (Å²) in [7, 11) is 0. The van der Waals surface area contributed by atoms with Crippen LogP contribution in [0.1, 0.15) is 49.9 Å². The van der Waals surface area contributed by atoms with E-state index < -0.39 is 10.8 Å². The summed E-state index contributed by atoms with van der Waals surface area (Å²) in [5.41, 5.74) is 13.5. The first-order valence-electron chi connectivity index (χ1n) is 19.3. The molecule has 0 heterocycles. The number of fused-ring (bicyclic) bond motifs is 7. The Morgan fingerprint density at radius 1 is 0.339 bits per heavy atom. The summed E-state index contributed by atoms with van der Waals surface area (Å²) in [6.07, 6.45) is 0. The highest BCUT2D eigenvalue weighted by atomic mass is 16.3. The van der Waals surface area contributed by atoms with Crippen LogP contribution in [-0.4, -0.2) is 10.2 Å². The van der Waals surface area contributed by atoms with Crippen molar-refractivity contribution in [3.05, 3.63) is 192 Å². The van der Waals surface area contributed by atoms with Crippen molar-refractivity contribution in [3.63, 3.8) is 0 Å². The van der Waals surface area contributed by atoms with Crippen LogP contribution in [-0.2, 0) is 10.8 Å². The number of phenolic OH excluding ortho intramolecular Hbond substituents is 2. The third-order valence-corrected chi connectivity index (χ3v) is 12.2. The Morgan fingerprint density at radius 2 is 0.643 bits per heavy atom. The van der Waals surface area contributed by atoms with Crippen molar-refractivity contribution in [1.82, 2.24) is 0 Å². The molecule has 0 aromatic heterocycles. The summed E-state index contributed by atoms with van der Waals surface area (Å²) in [6, 6.07) is 59.1. The molecule has 272 valence electrons. The number of para-hydroxylation sites is 4. The molecule has 2 aliphatic carbocycles. The molecule has 0 bridgehead atoms. The summed E-state index contributed by atoms with van der Waals surface area (Å²) < 4.78 is 0. The molecule has 2 N–H and O–H groups in total. The molecular formula is C52H42N2O2. The molecule has 10 rings (SSSR count). The van der Waals surface area contributed by atoms with E-state index in [4.69, 9.17) is 0 Å². The number of hydrogen-bond acceptors (Lipinski definition) is 4. The van der Waals surface area contributed by atoms with Crippen LogP contribution in [0.4, 0.5) is 34.1 Å². The molecule has 8 aromatic rings. The van der Waals surface area contributed by atoms with Gasteiger partial charge in [-0.2, -0.15) is 0 Å². The maximum Gasteiger partial charge on any atom is 0.131 e. The standard InChI is InChI=1S/C52H42N2O2/c1-51(2)43-29-37(53(33-17-9-5-10-18-33)34-19-11-6-12-20-34)25-27-39(43)47-45(51)31-41-42(49(47)55)32-46-48(50(41)56)40-28-26-38(30-44(40)52(46,3)4)54(35-21-13-7-14-22-35)36-23-15-8-16-24-36/h5-32,55-56H,1-4H3. The van der Waals surface area contributed by atoms with Crippen LogP contribution in [0, 0.1) is 0 Å². The molecule has 0 spiro atoms. The molecule has 0 saturated carbocycles. The van der Waals surface area contributed by atoms with E-state index in [1.54, 1.807) is 0 Å². The first-order valence-corrected chi connectivity index (χ1v) is 19.3. The second kappa shape index (κ2) is 12.4. The summed E-state index contributed by atoms with van der Waals surface area (Å²) in [4.78, 5) is 4.55. The fourth-order valence-corrected chi connectivity index (χ4v) is 9.34. The van der Waals surface area contributed by atoms with Crippen LogP contribution < -0.4 is 9.80 Å².